The molecular formula is C20H40O. The van der Waals surface area contributed by atoms with Crippen LogP contribution in [-0.2, 0) is 4.74 Å². The van der Waals surface area contributed by atoms with Crippen LogP contribution in [-0.4, -0.2) is 6.10 Å². The van der Waals surface area contributed by atoms with Gasteiger partial charge in [0.05, 0.1) is 12.4 Å². The third-order valence-electron chi connectivity index (χ3n) is 4.22. The summed E-state index contributed by atoms with van der Waals surface area (Å²) in [5.41, 5.74) is 1.41. The third-order valence-corrected chi connectivity index (χ3v) is 4.22. The van der Waals surface area contributed by atoms with Crippen LogP contribution in [0.1, 0.15) is 111 Å². The molecule has 0 aromatic carbocycles. The van der Waals surface area contributed by atoms with Gasteiger partial charge in [0.2, 0.25) is 0 Å². The lowest BCUT2D eigenvalue weighted by Gasteiger charge is -2.15. The molecule has 21 heavy (non-hydrogen) atoms. The summed E-state index contributed by atoms with van der Waals surface area (Å²) in [6.45, 7) is 8.99. The van der Waals surface area contributed by atoms with Crippen molar-refractivity contribution in [2.24, 2.45) is 0 Å². The lowest BCUT2D eigenvalue weighted by Crippen LogP contribution is -2.08. The molecule has 0 aliphatic rings. The summed E-state index contributed by atoms with van der Waals surface area (Å²) in [5, 5.41) is 0. The lowest BCUT2D eigenvalue weighted by molar-refractivity contribution is 0.126. The van der Waals surface area contributed by atoms with Gasteiger partial charge in [0.15, 0.2) is 0 Å². The summed E-state index contributed by atoms with van der Waals surface area (Å²) in [6, 6.07) is 0. The molecule has 0 aliphatic carbocycles. The average molecular weight is 297 g/mol. The summed E-state index contributed by atoms with van der Waals surface area (Å²) in [6.07, 6.45) is 19.7. The van der Waals surface area contributed by atoms with E-state index in [4.69, 9.17) is 4.74 Å². The van der Waals surface area contributed by atoms with E-state index < -0.39 is 0 Å². The molecule has 1 atom stereocenters. The van der Waals surface area contributed by atoms with Gasteiger partial charge in [-0.05, 0) is 44.6 Å². The molecule has 1 heteroatoms. The van der Waals surface area contributed by atoms with Crippen LogP contribution in [0.25, 0.3) is 0 Å². The number of rotatable bonds is 15. The fraction of sp³-hybridized carbons (Fsp3) is 0.900. The molecule has 0 saturated heterocycles. The summed E-state index contributed by atoms with van der Waals surface area (Å²) in [5.74, 6) is 0. The minimum Gasteiger partial charge on any atom is -0.498 e. The first-order valence-corrected chi connectivity index (χ1v) is 9.55. The Morgan fingerprint density at radius 2 is 1.38 bits per heavy atom. The highest BCUT2D eigenvalue weighted by atomic mass is 16.5. The second-order valence-electron chi connectivity index (χ2n) is 6.50. The SMILES string of the molecule is CCCCCCCCC/C(C)=C/OC(CC)CCCCC. The number of allylic oxidation sites excluding steroid dienone is 1. The van der Waals surface area contributed by atoms with E-state index in [1.54, 1.807) is 0 Å². The van der Waals surface area contributed by atoms with E-state index in [2.05, 4.69) is 27.7 Å². The Balaban J connectivity index is 3.61. The van der Waals surface area contributed by atoms with Crippen molar-refractivity contribution in [3.05, 3.63) is 11.8 Å². The van der Waals surface area contributed by atoms with Gasteiger partial charge in [-0.3, -0.25) is 0 Å². The molecule has 0 bridgehead atoms. The summed E-state index contributed by atoms with van der Waals surface area (Å²) < 4.78 is 5.95. The molecule has 1 nitrogen and oxygen atoms in total. The maximum atomic E-state index is 5.95. The molecule has 0 aromatic heterocycles. The maximum absolute atomic E-state index is 5.95. The van der Waals surface area contributed by atoms with Crippen LogP contribution >= 0.6 is 0 Å². The van der Waals surface area contributed by atoms with Crippen molar-refractivity contribution in [3.8, 4) is 0 Å². The van der Waals surface area contributed by atoms with E-state index in [0.717, 1.165) is 6.42 Å². The Bertz CT molecular complexity index is 232. The van der Waals surface area contributed by atoms with Crippen LogP contribution in [0, 0.1) is 0 Å². The van der Waals surface area contributed by atoms with Gasteiger partial charge in [0.25, 0.3) is 0 Å². The molecule has 0 rings (SSSR count). The minimum atomic E-state index is 0.431. The lowest BCUT2D eigenvalue weighted by atomic mass is 10.1. The van der Waals surface area contributed by atoms with Gasteiger partial charge >= 0.3 is 0 Å². The van der Waals surface area contributed by atoms with Crippen LogP contribution in [0.5, 0.6) is 0 Å². The Morgan fingerprint density at radius 1 is 0.810 bits per heavy atom. The molecule has 1 unspecified atom stereocenters. The number of ether oxygens (including phenoxy) is 1. The standard InChI is InChI=1S/C20H40O/c1-5-8-10-11-12-13-15-16-19(4)18-21-20(7-3)17-14-9-6-2/h18,20H,5-17H2,1-4H3/b19-18+. The smallest absolute Gasteiger partial charge is 0.0975 e. The van der Waals surface area contributed by atoms with Gasteiger partial charge in [-0.15, -0.1) is 0 Å². The van der Waals surface area contributed by atoms with E-state index in [-0.39, 0.29) is 0 Å². The van der Waals surface area contributed by atoms with E-state index in [1.165, 1.54) is 82.6 Å². The van der Waals surface area contributed by atoms with E-state index in [9.17, 15) is 0 Å². The number of hydrogen-bond acceptors (Lipinski definition) is 1. The molecular weight excluding hydrogens is 256 g/mol. The quantitative estimate of drug-likeness (QED) is 0.226. The van der Waals surface area contributed by atoms with Crippen LogP contribution < -0.4 is 0 Å². The van der Waals surface area contributed by atoms with Crippen molar-refractivity contribution < 1.29 is 4.74 Å². The molecule has 0 amide bonds. The van der Waals surface area contributed by atoms with Crippen molar-refractivity contribution >= 4 is 0 Å². The van der Waals surface area contributed by atoms with Crippen LogP contribution in [0.15, 0.2) is 11.8 Å². The zero-order chi connectivity index (χ0) is 15.8. The Kier molecular flexibility index (Phi) is 15.6. The molecule has 0 saturated carbocycles. The first-order chi connectivity index (χ1) is 10.2. The van der Waals surface area contributed by atoms with Gasteiger partial charge in [0.1, 0.15) is 0 Å². The summed E-state index contributed by atoms with van der Waals surface area (Å²) in [7, 11) is 0. The van der Waals surface area contributed by atoms with Crippen molar-refractivity contribution in [3.63, 3.8) is 0 Å². The largest absolute Gasteiger partial charge is 0.498 e. The fourth-order valence-corrected chi connectivity index (χ4v) is 2.62. The van der Waals surface area contributed by atoms with Crippen molar-refractivity contribution in [2.75, 3.05) is 0 Å². The van der Waals surface area contributed by atoms with Gasteiger partial charge < -0.3 is 4.74 Å². The van der Waals surface area contributed by atoms with Crippen molar-refractivity contribution in [1.29, 1.82) is 0 Å². The molecule has 0 aromatic rings. The van der Waals surface area contributed by atoms with Crippen LogP contribution in [0.2, 0.25) is 0 Å². The van der Waals surface area contributed by atoms with E-state index in [1.807, 2.05) is 6.26 Å². The Morgan fingerprint density at radius 3 is 2.00 bits per heavy atom. The molecule has 126 valence electrons. The molecule has 0 N–H and O–H groups in total. The van der Waals surface area contributed by atoms with Gasteiger partial charge in [-0.25, -0.2) is 0 Å². The number of unbranched alkanes of at least 4 members (excludes halogenated alkanes) is 8. The Hall–Kier alpha value is -0.460. The van der Waals surface area contributed by atoms with E-state index in [0.29, 0.717) is 6.10 Å². The number of hydrogen-bond donors (Lipinski definition) is 0. The normalized spacial score (nSPS) is 13.4. The third kappa shape index (κ3) is 14.2. The summed E-state index contributed by atoms with van der Waals surface area (Å²) >= 11 is 0. The van der Waals surface area contributed by atoms with Gasteiger partial charge in [0, 0.05) is 0 Å². The maximum Gasteiger partial charge on any atom is 0.0975 e. The zero-order valence-corrected chi connectivity index (χ0v) is 15.3. The van der Waals surface area contributed by atoms with Crippen molar-refractivity contribution in [2.45, 2.75) is 117 Å². The molecule has 0 aliphatic heterocycles. The molecule has 0 spiro atoms. The highest BCUT2D eigenvalue weighted by Gasteiger charge is 2.04. The van der Waals surface area contributed by atoms with Gasteiger partial charge in [-0.1, -0.05) is 72.1 Å². The van der Waals surface area contributed by atoms with Crippen molar-refractivity contribution in [1.82, 2.24) is 0 Å². The molecule has 0 heterocycles. The second kappa shape index (κ2) is 15.9. The zero-order valence-electron chi connectivity index (χ0n) is 15.3. The summed E-state index contributed by atoms with van der Waals surface area (Å²) in [4.78, 5) is 0. The minimum absolute atomic E-state index is 0.431. The topological polar surface area (TPSA) is 9.23 Å². The molecule has 0 radical (unpaired) electrons. The first kappa shape index (κ1) is 20.5. The van der Waals surface area contributed by atoms with E-state index >= 15 is 0 Å². The highest BCUT2D eigenvalue weighted by molar-refractivity contribution is 4.93. The van der Waals surface area contributed by atoms with Crippen LogP contribution in [0.3, 0.4) is 0 Å². The van der Waals surface area contributed by atoms with Crippen LogP contribution in [0.4, 0.5) is 0 Å². The second-order valence-corrected chi connectivity index (χ2v) is 6.50. The average Bonchev–Trinajstić information content (AvgIpc) is 2.49. The Labute approximate surface area is 134 Å². The first-order valence-electron chi connectivity index (χ1n) is 9.55. The molecule has 0 fully saturated rings. The predicted molar refractivity (Wildman–Crippen MR) is 95.7 cm³/mol. The van der Waals surface area contributed by atoms with Gasteiger partial charge in [-0.2, -0.15) is 0 Å². The monoisotopic (exact) mass is 296 g/mol. The predicted octanol–water partition coefficient (Wildman–Crippen LogP) is 7.41. The fourth-order valence-electron chi connectivity index (χ4n) is 2.62. The highest BCUT2D eigenvalue weighted by Crippen LogP contribution is 2.15.